The van der Waals surface area contributed by atoms with E-state index in [4.69, 9.17) is 25.2 Å². The summed E-state index contributed by atoms with van der Waals surface area (Å²) < 4.78 is 38.9. The Balaban J connectivity index is 0.000000470. The average Bonchev–Trinajstić information content (AvgIpc) is 3.43. The number of esters is 1. The molecule has 56 heavy (non-hydrogen) atoms. The fourth-order valence-electron chi connectivity index (χ4n) is 5.48. The van der Waals surface area contributed by atoms with E-state index >= 15 is 4.39 Å². The Labute approximate surface area is 325 Å². The van der Waals surface area contributed by atoms with Crippen LogP contribution in [0.15, 0.2) is 113 Å². The number of para-hydroxylation sites is 1. The Kier molecular flexibility index (Phi) is 14.0. The van der Waals surface area contributed by atoms with E-state index in [1.165, 1.54) is 29.3 Å². The van der Waals surface area contributed by atoms with Crippen LogP contribution in [0.3, 0.4) is 0 Å². The molecule has 2 atom stereocenters. The number of rotatable bonds is 13. The molecule has 0 aliphatic heterocycles. The molecule has 292 valence electrons. The zero-order valence-electron chi connectivity index (χ0n) is 31.1. The van der Waals surface area contributed by atoms with Crippen molar-refractivity contribution in [2.75, 3.05) is 12.4 Å². The van der Waals surface area contributed by atoms with Crippen LogP contribution in [0.1, 0.15) is 35.5 Å². The van der Waals surface area contributed by atoms with Crippen molar-refractivity contribution >= 4 is 40.5 Å². The van der Waals surface area contributed by atoms with Crippen LogP contribution in [-0.2, 0) is 25.4 Å². The highest BCUT2D eigenvalue weighted by atomic mass is 32.2. The highest BCUT2D eigenvalue weighted by Crippen LogP contribution is 2.33. The van der Waals surface area contributed by atoms with Crippen LogP contribution in [0.5, 0.6) is 17.2 Å². The van der Waals surface area contributed by atoms with Crippen LogP contribution >= 0.6 is 12.0 Å². The van der Waals surface area contributed by atoms with Gasteiger partial charge in [0.2, 0.25) is 0 Å². The molecular weight excluding hydrogens is 746 g/mol. The van der Waals surface area contributed by atoms with E-state index in [9.17, 15) is 14.4 Å². The van der Waals surface area contributed by atoms with Gasteiger partial charge in [-0.2, -0.15) is 0 Å². The number of carbonyl (C=O) groups is 2. The summed E-state index contributed by atoms with van der Waals surface area (Å²) in [4.78, 5) is 44.4. The molecule has 4 N–H and O–H groups in total. The van der Waals surface area contributed by atoms with Crippen LogP contribution < -0.4 is 26.1 Å². The maximum absolute atomic E-state index is 15.2. The first-order chi connectivity index (χ1) is 26.9. The Morgan fingerprint density at radius 3 is 2.36 bits per heavy atom. The number of halogens is 1. The van der Waals surface area contributed by atoms with Crippen LogP contribution in [0.25, 0.3) is 16.6 Å². The van der Waals surface area contributed by atoms with Gasteiger partial charge in [-0.15, -0.1) is 4.33 Å². The summed E-state index contributed by atoms with van der Waals surface area (Å²) >= 11 is 0.957. The monoisotopic (exact) mass is 785 g/mol. The van der Waals surface area contributed by atoms with Gasteiger partial charge in [-0.3, -0.25) is 24.0 Å². The Morgan fingerprint density at radius 1 is 0.964 bits per heavy atom. The molecule has 0 aliphatic rings. The van der Waals surface area contributed by atoms with Gasteiger partial charge in [0, 0.05) is 34.3 Å². The zero-order chi connectivity index (χ0) is 40.4. The van der Waals surface area contributed by atoms with Gasteiger partial charge in [0.05, 0.1) is 42.6 Å². The van der Waals surface area contributed by atoms with Gasteiger partial charge in [0.1, 0.15) is 29.2 Å². The highest BCUT2D eigenvalue weighted by molar-refractivity contribution is 7.94. The second-order valence-corrected chi connectivity index (χ2v) is 13.2. The number of nitrogens with zero attached hydrogens (tertiary/aromatic N) is 3. The number of nitrogens with one attached hydrogen (secondary N) is 1. The van der Waals surface area contributed by atoms with Crippen molar-refractivity contribution in [3.05, 3.63) is 136 Å². The first-order valence-electron chi connectivity index (χ1n) is 17.2. The first kappa shape index (κ1) is 41.1. The lowest BCUT2D eigenvalue weighted by molar-refractivity contribution is -0.432. The number of benzene rings is 4. The summed E-state index contributed by atoms with van der Waals surface area (Å²) in [5, 5.41) is 14.6. The van der Waals surface area contributed by atoms with Gasteiger partial charge in [-0.25, -0.2) is 14.3 Å². The molecule has 6 aromatic rings. The number of carbonyl (C=O) groups excluding carboxylic acids is 2. The summed E-state index contributed by atoms with van der Waals surface area (Å²) in [5.41, 5.74) is 7.63. The number of fused-ring (bicyclic) bond motifs is 1. The predicted molar refractivity (Wildman–Crippen MR) is 209 cm³/mol. The third-order valence-corrected chi connectivity index (χ3v) is 8.84. The van der Waals surface area contributed by atoms with Crippen molar-refractivity contribution in [1.82, 2.24) is 14.3 Å². The van der Waals surface area contributed by atoms with Crippen molar-refractivity contribution in [2.45, 2.75) is 51.3 Å². The second kappa shape index (κ2) is 19.0. The van der Waals surface area contributed by atoms with Gasteiger partial charge in [-0.1, -0.05) is 40.9 Å². The molecule has 0 bridgehead atoms. The molecular formula is C40H40FN5O9S. The maximum atomic E-state index is 15.2. The third-order valence-electron chi connectivity index (χ3n) is 8.24. The van der Waals surface area contributed by atoms with Gasteiger partial charge in [0.25, 0.3) is 11.5 Å². The molecule has 0 spiro atoms. The van der Waals surface area contributed by atoms with Gasteiger partial charge in [0.15, 0.2) is 11.6 Å². The van der Waals surface area contributed by atoms with E-state index in [0.29, 0.717) is 33.8 Å². The van der Waals surface area contributed by atoms with E-state index in [1.54, 1.807) is 86.4 Å². The van der Waals surface area contributed by atoms with Crippen LogP contribution in [0.4, 0.5) is 10.1 Å². The molecule has 2 aromatic heterocycles. The fourth-order valence-corrected chi connectivity index (χ4v) is 5.84. The smallest absolute Gasteiger partial charge is 0.322 e. The standard InChI is InChI=1S/C33H32FN5O6.C7H8O3S/c1-19(44-33(42)20(2)35)18-38-21(3)30(32(41)39(38)23-8-6-5-7-9-23)31(40)37-22-10-13-29(26(34)16-22)45-28-14-15-36-27-17-24(43-4)11-12-25(27)28;1-6-2-4-7(5-3-6)11-10-9-8/h5-17,19-20H,18,35H2,1-4H3,(H,37,40);2-5,8H,1H3/t19-,20+;/m1./s1. The van der Waals surface area contributed by atoms with E-state index in [1.807, 2.05) is 31.2 Å². The topological polar surface area (TPSA) is 178 Å². The minimum atomic E-state index is -0.818. The van der Waals surface area contributed by atoms with E-state index in [2.05, 4.69) is 19.7 Å². The van der Waals surface area contributed by atoms with Crippen LogP contribution in [0, 0.1) is 19.7 Å². The lowest BCUT2D eigenvalue weighted by Gasteiger charge is -2.19. The molecule has 0 saturated carbocycles. The molecule has 2 heterocycles. The van der Waals surface area contributed by atoms with Crippen molar-refractivity contribution in [3.8, 4) is 22.9 Å². The van der Waals surface area contributed by atoms with Gasteiger partial charge in [-0.05, 0) is 82.3 Å². The summed E-state index contributed by atoms with van der Waals surface area (Å²) in [6, 6.07) is 26.4. The molecule has 14 nitrogen and oxygen atoms in total. The van der Waals surface area contributed by atoms with E-state index < -0.39 is 35.4 Å². The van der Waals surface area contributed by atoms with Crippen LogP contribution in [-0.4, -0.2) is 50.7 Å². The zero-order valence-corrected chi connectivity index (χ0v) is 31.9. The molecule has 6 rings (SSSR count). The fraction of sp³-hybridized carbons (Fsp3) is 0.200. The number of anilines is 1. The number of nitrogens with two attached hydrogens (primary N) is 1. The number of ether oxygens (including phenoxy) is 3. The average molecular weight is 786 g/mol. The Bertz CT molecular complexity index is 2350. The number of hydrogen-bond donors (Lipinski definition) is 3. The molecule has 0 radical (unpaired) electrons. The summed E-state index contributed by atoms with van der Waals surface area (Å²) in [6.45, 7) is 6.86. The lowest BCUT2D eigenvalue weighted by atomic mass is 10.2. The maximum Gasteiger partial charge on any atom is 0.322 e. The third kappa shape index (κ3) is 10.2. The van der Waals surface area contributed by atoms with E-state index in [0.717, 1.165) is 23.0 Å². The number of pyridine rings is 1. The van der Waals surface area contributed by atoms with Crippen molar-refractivity contribution in [3.63, 3.8) is 0 Å². The molecule has 0 fully saturated rings. The van der Waals surface area contributed by atoms with Gasteiger partial charge >= 0.3 is 5.97 Å². The number of hydrogen-bond acceptors (Lipinski definition) is 12. The number of aryl methyl sites for hydroxylation is 1. The summed E-state index contributed by atoms with van der Waals surface area (Å²) in [6.07, 6.45) is 0.880. The summed E-state index contributed by atoms with van der Waals surface area (Å²) in [5.74, 6) is -1.11. The van der Waals surface area contributed by atoms with Crippen molar-refractivity contribution in [1.29, 1.82) is 0 Å². The number of amides is 1. The van der Waals surface area contributed by atoms with Crippen molar-refractivity contribution < 1.29 is 42.8 Å². The highest BCUT2D eigenvalue weighted by Gasteiger charge is 2.26. The Morgan fingerprint density at radius 2 is 1.70 bits per heavy atom. The second-order valence-electron chi connectivity index (χ2n) is 12.5. The molecule has 0 saturated heterocycles. The lowest BCUT2D eigenvalue weighted by Crippen LogP contribution is -2.34. The normalized spacial score (nSPS) is 11.9. The minimum Gasteiger partial charge on any atom is -0.497 e. The molecule has 0 unspecified atom stereocenters. The van der Waals surface area contributed by atoms with E-state index in [-0.39, 0.29) is 23.5 Å². The van der Waals surface area contributed by atoms with Crippen molar-refractivity contribution in [2.24, 2.45) is 5.73 Å². The molecule has 4 aromatic carbocycles. The first-order valence-corrected chi connectivity index (χ1v) is 17.9. The number of methoxy groups -OCH3 is 1. The predicted octanol–water partition coefficient (Wildman–Crippen LogP) is 7.39. The molecule has 0 aliphatic carbocycles. The van der Waals surface area contributed by atoms with Crippen LogP contribution in [0.2, 0.25) is 0 Å². The SMILES string of the molecule is COc1ccc2c(Oc3ccc(NC(=O)c4c(C)n(C[C@@H](C)OC(=O)[C@H](C)N)n(-c5ccccc5)c4=O)cc3F)ccnc2c1.Cc1ccc(SOOO)cc1. The molecule has 16 heteroatoms. The Hall–Kier alpha value is -6.04. The summed E-state index contributed by atoms with van der Waals surface area (Å²) in [7, 11) is 1.55. The molecule has 1 amide bonds. The van der Waals surface area contributed by atoms with Gasteiger partial charge < -0.3 is 25.3 Å². The quantitative estimate of drug-likeness (QED) is 0.0458. The number of aromatic nitrogens is 3. The largest absolute Gasteiger partial charge is 0.497 e. The minimum absolute atomic E-state index is 0.0683.